The summed E-state index contributed by atoms with van der Waals surface area (Å²) in [6, 6.07) is 14.2. The lowest BCUT2D eigenvalue weighted by molar-refractivity contribution is -0.385. The molecule has 2 unspecified atom stereocenters. The van der Waals surface area contributed by atoms with Gasteiger partial charge in [0, 0.05) is 30.0 Å². The number of nitro groups is 1. The van der Waals surface area contributed by atoms with Crippen molar-refractivity contribution in [1.29, 1.82) is 0 Å². The van der Waals surface area contributed by atoms with E-state index in [1.807, 2.05) is 42.5 Å². The fourth-order valence-electron chi connectivity index (χ4n) is 2.56. The average molecular weight is 297 g/mol. The lowest BCUT2D eigenvalue weighted by Crippen LogP contribution is -2.24. The number of ether oxygens (including phenoxy) is 1. The zero-order valence-electron chi connectivity index (χ0n) is 11.8. The number of aliphatic hydroxyl groups is 1. The molecule has 112 valence electrons. The second kappa shape index (κ2) is 5.99. The highest BCUT2D eigenvalue weighted by Gasteiger charge is 2.27. The van der Waals surface area contributed by atoms with Gasteiger partial charge >= 0.3 is 0 Å². The van der Waals surface area contributed by atoms with E-state index < -0.39 is 11.2 Å². The maximum atomic E-state index is 10.9. The molecule has 0 amide bonds. The number of nitro benzene ring substituents is 1. The molecule has 0 bridgehead atoms. The molecule has 3 rings (SSSR count). The van der Waals surface area contributed by atoms with Gasteiger partial charge < -0.3 is 9.84 Å². The quantitative estimate of drug-likeness (QED) is 0.695. The summed E-state index contributed by atoms with van der Waals surface area (Å²) >= 11 is 0. The molecule has 2 aromatic rings. The van der Waals surface area contributed by atoms with E-state index in [4.69, 9.17) is 4.74 Å². The molecule has 0 saturated heterocycles. The number of hydrogen-bond acceptors (Lipinski definition) is 4. The number of rotatable bonds is 3. The Morgan fingerprint density at radius 1 is 1.23 bits per heavy atom. The summed E-state index contributed by atoms with van der Waals surface area (Å²) in [5, 5.41) is 20.7. The highest BCUT2D eigenvalue weighted by Crippen LogP contribution is 2.38. The van der Waals surface area contributed by atoms with Crippen molar-refractivity contribution in [1.82, 2.24) is 0 Å². The minimum absolute atomic E-state index is 0.0249. The Morgan fingerprint density at radius 2 is 2.00 bits per heavy atom. The van der Waals surface area contributed by atoms with Gasteiger partial charge in [0.1, 0.15) is 5.75 Å². The molecule has 5 heteroatoms. The monoisotopic (exact) mass is 297 g/mol. The standard InChI is InChI=1S/C17H15NO4/c19-17-10-13(7-6-12-4-2-1-3-5-12)15-11-14(18(20)21)8-9-16(15)22-17/h1-9,11,13,17,19H,10H2/b7-6+. The lowest BCUT2D eigenvalue weighted by Gasteiger charge is -2.27. The summed E-state index contributed by atoms with van der Waals surface area (Å²) < 4.78 is 5.35. The summed E-state index contributed by atoms with van der Waals surface area (Å²) in [6.07, 6.45) is 3.37. The topological polar surface area (TPSA) is 72.6 Å². The molecule has 1 aliphatic heterocycles. The van der Waals surface area contributed by atoms with E-state index in [1.54, 1.807) is 6.07 Å². The third kappa shape index (κ3) is 2.99. The van der Waals surface area contributed by atoms with Crippen molar-refractivity contribution in [2.75, 3.05) is 0 Å². The third-order valence-corrected chi connectivity index (χ3v) is 3.64. The normalized spacial score (nSPS) is 20.4. The van der Waals surface area contributed by atoms with Crippen molar-refractivity contribution in [2.45, 2.75) is 18.6 Å². The molecule has 0 radical (unpaired) electrons. The molecule has 2 aromatic carbocycles. The molecule has 5 nitrogen and oxygen atoms in total. The van der Waals surface area contributed by atoms with E-state index in [9.17, 15) is 15.2 Å². The molecule has 22 heavy (non-hydrogen) atoms. The van der Waals surface area contributed by atoms with Crippen LogP contribution < -0.4 is 4.74 Å². The van der Waals surface area contributed by atoms with Gasteiger partial charge in [-0.1, -0.05) is 42.5 Å². The van der Waals surface area contributed by atoms with Crippen LogP contribution in [0.2, 0.25) is 0 Å². The van der Waals surface area contributed by atoms with Gasteiger partial charge in [-0.2, -0.15) is 0 Å². The van der Waals surface area contributed by atoms with Crippen molar-refractivity contribution in [3.05, 3.63) is 75.8 Å². The summed E-state index contributed by atoms with van der Waals surface area (Å²) in [5.74, 6) is 0.367. The summed E-state index contributed by atoms with van der Waals surface area (Å²) in [6.45, 7) is 0. The molecule has 0 aliphatic carbocycles. The average Bonchev–Trinajstić information content (AvgIpc) is 2.53. The van der Waals surface area contributed by atoms with Crippen molar-refractivity contribution in [3.8, 4) is 5.75 Å². The first-order chi connectivity index (χ1) is 10.6. The van der Waals surface area contributed by atoms with Crippen LogP contribution in [0.4, 0.5) is 5.69 Å². The second-order valence-electron chi connectivity index (χ2n) is 5.16. The molecule has 1 N–H and O–H groups in total. The van der Waals surface area contributed by atoms with Gasteiger partial charge in [-0.25, -0.2) is 0 Å². The summed E-state index contributed by atoms with van der Waals surface area (Å²) in [4.78, 5) is 10.5. The first-order valence-electron chi connectivity index (χ1n) is 7.00. The van der Waals surface area contributed by atoms with Crippen molar-refractivity contribution >= 4 is 11.8 Å². The van der Waals surface area contributed by atoms with Crippen LogP contribution >= 0.6 is 0 Å². The molecule has 0 saturated carbocycles. The van der Waals surface area contributed by atoms with Gasteiger partial charge in [-0.05, 0) is 11.6 Å². The summed E-state index contributed by atoms with van der Waals surface area (Å²) in [5.41, 5.74) is 1.79. The molecule has 0 aromatic heterocycles. The minimum Gasteiger partial charge on any atom is -0.465 e. The fraction of sp³-hybridized carbons (Fsp3) is 0.176. The van der Waals surface area contributed by atoms with E-state index in [1.165, 1.54) is 12.1 Å². The van der Waals surface area contributed by atoms with Crippen LogP contribution in [0.15, 0.2) is 54.6 Å². The van der Waals surface area contributed by atoms with Crippen molar-refractivity contribution in [2.24, 2.45) is 0 Å². The van der Waals surface area contributed by atoms with E-state index in [2.05, 4.69) is 0 Å². The number of aliphatic hydroxyl groups excluding tert-OH is 1. The van der Waals surface area contributed by atoms with Crippen LogP contribution in [0.1, 0.15) is 23.5 Å². The first kappa shape index (κ1) is 14.3. The Labute approximate surface area is 127 Å². The molecule has 2 atom stereocenters. The number of non-ortho nitro benzene ring substituents is 1. The highest BCUT2D eigenvalue weighted by molar-refractivity contribution is 5.54. The lowest BCUT2D eigenvalue weighted by atomic mass is 9.91. The Hall–Kier alpha value is -2.66. The number of hydrogen-bond donors (Lipinski definition) is 1. The van der Waals surface area contributed by atoms with E-state index in [-0.39, 0.29) is 11.6 Å². The van der Waals surface area contributed by atoms with Gasteiger partial charge in [-0.15, -0.1) is 0 Å². The minimum atomic E-state index is -0.903. The first-order valence-corrected chi connectivity index (χ1v) is 7.00. The SMILES string of the molecule is O=[N+]([O-])c1ccc2c(c1)C(/C=C/c1ccccc1)CC(O)O2. The zero-order chi connectivity index (χ0) is 15.5. The van der Waals surface area contributed by atoms with E-state index >= 15 is 0 Å². The Bertz CT molecular complexity index is 712. The van der Waals surface area contributed by atoms with Gasteiger partial charge in [0.2, 0.25) is 0 Å². The van der Waals surface area contributed by atoms with Crippen LogP contribution in [-0.4, -0.2) is 16.3 Å². The Balaban J connectivity index is 1.94. The smallest absolute Gasteiger partial charge is 0.269 e. The van der Waals surface area contributed by atoms with Crippen molar-refractivity contribution < 1.29 is 14.8 Å². The van der Waals surface area contributed by atoms with Crippen LogP contribution in [-0.2, 0) is 0 Å². The molecule has 0 fully saturated rings. The largest absolute Gasteiger partial charge is 0.465 e. The summed E-state index contributed by atoms with van der Waals surface area (Å²) in [7, 11) is 0. The zero-order valence-corrected chi connectivity index (χ0v) is 11.8. The molecule has 0 spiro atoms. The Morgan fingerprint density at radius 3 is 2.73 bits per heavy atom. The molecular weight excluding hydrogens is 282 g/mol. The van der Waals surface area contributed by atoms with Crippen molar-refractivity contribution in [3.63, 3.8) is 0 Å². The third-order valence-electron chi connectivity index (χ3n) is 3.64. The number of nitrogens with zero attached hydrogens (tertiary/aromatic N) is 1. The van der Waals surface area contributed by atoms with Crippen LogP contribution in [0.25, 0.3) is 6.08 Å². The predicted molar refractivity (Wildman–Crippen MR) is 82.6 cm³/mol. The second-order valence-corrected chi connectivity index (χ2v) is 5.16. The molecule has 1 heterocycles. The van der Waals surface area contributed by atoms with E-state index in [0.29, 0.717) is 12.2 Å². The van der Waals surface area contributed by atoms with Crippen LogP contribution in [0.5, 0.6) is 5.75 Å². The molecular formula is C17H15NO4. The number of fused-ring (bicyclic) bond motifs is 1. The number of allylic oxidation sites excluding steroid dienone is 1. The van der Waals surface area contributed by atoms with Crippen LogP contribution in [0.3, 0.4) is 0 Å². The highest BCUT2D eigenvalue weighted by atomic mass is 16.6. The maximum absolute atomic E-state index is 10.9. The fourth-order valence-corrected chi connectivity index (χ4v) is 2.56. The number of benzene rings is 2. The maximum Gasteiger partial charge on any atom is 0.269 e. The Kier molecular flexibility index (Phi) is 3.89. The van der Waals surface area contributed by atoms with Crippen LogP contribution in [0, 0.1) is 10.1 Å². The van der Waals surface area contributed by atoms with Gasteiger partial charge in [0.25, 0.3) is 5.69 Å². The predicted octanol–water partition coefficient (Wildman–Crippen LogP) is 3.49. The van der Waals surface area contributed by atoms with E-state index in [0.717, 1.165) is 11.1 Å². The van der Waals surface area contributed by atoms with Gasteiger partial charge in [0.05, 0.1) is 4.92 Å². The van der Waals surface area contributed by atoms with Gasteiger partial charge in [0.15, 0.2) is 6.29 Å². The van der Waals surface area contributed by atoms with Gasteiger partial charge in [-0.3, -0.25) is 10.1 Å². The molecule has 1 aliphatic rings.